The Hall–Kier alpha value is -0.160. The van der Waals surface area contributed by atoms with E-state index >= 15 is 0 Å². The minimum atomic E-state index is -0.646. The molecule has 2 aliphatic rings. The van der Waals surface area contributed by atoms with Crippen molar-refractivity contribution in [3.8, 4) is 0 Å². The molecule has 19 heavy (non-hydrogen) atoms. The highest BCUT2D eigenvalue weighted by Crippen LogP contribution is 2.44. The summed E-state index contributed by atoms with van der Waals surface area (Å²) in [6, 6.07) is 0. The van der Waals surface area contributed by atoms with Gasteiger partial charge in [0.15, 0.2) is 0 Å². The van der Waals surface area contributed by atoms with Crippen LogP contribution >= 0.6 is 0 Å². The van der Waals surface area contributed by atoms with Crippen LogP contribution in [0.3, 0.4) is 0 Å². The summed E-state index contributed by atoms with van der Waals surface area (Å²) >= 11 is 0. The summed E-state index contributed by atoms with van der Waals surface area (Å²) in [6.07, 6.45) is 6.90. The molecule has 4 nitrogen and oxygen atoms in total. The van der Waals surface area contributed by atoms with Gasteiger partial charge in [-0.05, 0) is 38.5 Å². The van der Waals surface area contributed by atoms with E-state index in [4.69, 9.17) is 9.47 Å². The Balaban J connectivity index is 1.84. The Kier molecular flexibility index (Phi) is 5.23. The van der Waals surface area contributed by atoms with Crippen molar-refractivity contribution in [2.75, 3.05) is 33.4 Å². The van der Waals surface area contributed by atoms with Gasteiger partial charge in [-0.1, -0.05) is 12.8 Å². The smallest absolute Gasteiger partial charge is 0.0773 e. The average Bonchev–Trinajstić information content (AvgIpc) is 2.83. The van der Waals surface area contributed by atoms with E-state index in [9.17, 15) is 5.11 Å². The minimum Gasteiger partial charge on any atom is -0.389 e. The SMILES string of the molecule is COCCNCC(C)(O)C1CCOC2(CCCC2)C1. The number of nitrogens with one attached hydrogen (secondary N) is 1. The third kappa shape index (κ3) is 3.91. The summed E-state index contributed by atoms with van der Waals surface area (Å²) in [5, 5.41) is 14.0. The first-order valence-electron chi connectivity index (χ1n) is 7.64. The molecule has 2 fully saturated rings. The van der Waals surface area contributed by atoms with E-state index in [0.29, 0.717) is 19.1 Å². The lowest BCUT2D eigenvalue weighted by Crippen LogP contribution is -2.51. The van der Waals surface area contributed by atoms with Crippen molar-refractivity contribution in [2.24, 2.45) is 5.92 Å². The first kappa shape index (κ1) is 15.2. The Morgan fingerprint density at radius 3 is 2.84 bits per heavy atom. The van der Waals surface area contributed by atoms with Gasteiger partial charge in [0.2, 0.25) is 0 Å². The van der Waals surface area contributed by atoms with Crippen molar-refractivity contribution in [2.45, 2.75) is 56.7 Å². The van der Waals surface area contributed by atoms with Gasteiger partial charge >= 0.3 is 0 Å². The molecule has 1 spiro atoms. The minimum absolute atomic E-state index is 0.0828. The van der Waals surface area contributed by atoms with Crippen LogP contribution in [0.2, 0.25) is 0 Å². The molecule has 1 saturated heterocycles. The highest BCUT2D eigenvalue weighted by Gasteiger charge is 2.45. The largest absolute Gasteiger partial charge is 0.389 e. The number of ether oxygens (including phenoxy) is 2. The monoisotopic (exact) mass is 271 g/mol. The molecule has 1 saturated carbocycles. The van der Waals surface area contributed by atoms with Crippen molar-refractivity contribution in [3.05, 3.63) is 0 Å². The van der Waals surface area contributed by atoms with Crippen LogP contribution in [-0.2, 0) is 9.47 Å². The second-order valence-corrected chi connectivity index (χ2v) is 6.46. The fourth-order valence-corrected chi connectivity index (χ4v) is 3.59. The highest BCUT2D eigenvalue weighted by molar-refractivity contribution is 4.96. The predicted molar refractivity (Wildman–Crippen MR) is 75.2 cm³/mol. The fraction of sp³-hybridized carbons (Fsp3) is 1.00. The summed E-state index contributed by atoms with van der Waals surface area (Å²) in [5.74, 6) is 0.342. The Labute approximate surface area is 116 Å². The molecule has 1 aliphatic carbocycles. The van der Waals surface area contributed by atoms with E-state index in [1.54, 1.807) is 7.11 Å². The van der Waals surface area contributed by atoms with Crippen LogP contribution in [0.1, 0.15) is 45.4 Å². The summed E-state index contributed by atoms with van der Waals surface area (Å²) in [7, 11) is 1.70. The average molecular weight is 271 g/mol. The lowest BCUT2D eigenvalue weighted by atomic mass is 9.75. The Morgan fingerprint density at radius 1 is 1.42 bits per heavy atom. The van der Waals surface area contributed by atoms with Crippen LogP contribution in [0, 0.1) is 5.92 Å². The molecule has 0 bridgehead atoms. The molecule has 4 heteroatoms. The molecule has 0 aromatic rings. The predicted octanol–water partition coefficient (Wildman–Crippen LogP) is 1.71. The lowest BCUT2D eigenvalue weighted by molar-refractivity contribution is -0.134. The second kappa shape index (κ2) is 6.53. The summed E-state index contributed by atoms with van der Waals surface area (Å²) in [6.45, 7) is 4.89. The number of rotatable bonds is 6. The maximum atomic E-state index is 10.7. The first-order valence-corrected chi connectivity index (χ1v) is 7.64. The maximum Gasteiger partial charge on any atom is 0.0773 e. The molecule has 2 unspecified atom stereocenters. The molecule has 1 aliphatic heterocycles. The van der Waals surface area contributed by atoms with Gasteiger partial charge < -0.3 is 19.9 Å². The molecule has 2 atom stereocenters. The van der Waals surface area contributed by atoms with Crippen LogP contribution in [0.5, 0.6) is 0 Å². The van der Waals surface area contributed by atoms with Gasteiger partial charge in [0, 0.05) is 26.8 Å². The van der Waals surface area contributed by atoms with E-state index in [-0.39, 0.29) is 5.60 Å². The number of hydrogen-bond donors (Lipinski definition) is 2. The van der Waals surface area contributed by atoms with E-state index in [2.05, 4.69) is 5.32 Å². The molecular formula is C15H29NO3. The van der Waals surface area contributed by atoms with Gasteiger partial charge in [-0.25, -0.2) is 0 Å². The molecule has 2 N–H and O–H groups in total. The van der Waals surface area contributed by atoms with Gasteiger partial charge in [0.1, 0.15) is 0 Å². The standard InChI is InChI=1S/C15H29NO3/c1-14(17,12-16-8-10-18-2)13-5-9-19-15(11-13)6-3-4-7-15/h13,16-17H,3-12H2,1-2H3. The zero-order valence-electron chi connectivity index (χ0n) is 12.4. The molecular weight excluding hydrogens is 242 g/mol. The maximum absolute atomic E-state index is 10.7. The van der Waals surface area contributed by atoms with Crippen LogP contribution in [0.15, 0.2) is 0 Å². The highest BCUT2D eigenvalue weighted by atomic mass is 16.5. The number of hydrogen-bond acceptors (Lipinski definition) is 4. The van der Waals surface area contributed by atoms with Crippen molar-refractivity contribution in [1.29, 1.82) is 0 Å². The van der Waals surface area contributed by atoms with Crippen molar-refractivity contribution in [1.82, 2.24) is 5.32 Å². The van der Waals surface area contributed by atoms with Gasteiger partial charge in [-0.2, -0.15) is 0 Å². The Morgan fingerprint density at radius 2 is 2.16 bits per heavy atom. The normalized spacial score (nSPS) is 29.5. The van der Waals surface area contributed by atoms with Crippen LogP contribution < -0.4 is 5.32 Å². The van der Waals surface area contributed by atoms with Crippen LogP contribution in [0.25, 0.3) is 0 Å². The van der Waals surface area contributed by atoms with E-state index in [1.807, 2.05) is 6.92 Å². The number of aliphatic hydroxyl groups is 1. The fourth-order valence-electron chi connectivity index (χ4n) is 3.59. The summed E-state index contributed by atoms with van der Waals surface area (Å²) in [5.41, 5.74) is -0.563. The van der Waals surface area contributed by atoms with E-state index in [1.165, 1.54) is 25.7 Å². The zero-order valence-corrected chi connectivity index (χ0v) is 12.4. The van der Waals surface area contributed by atoms with Gasteiger partial charge in [-0.3, -0.25) is 0 Å². The number of methoxy groups -OCH3 is 1. The summed E-state index contributed by atoms with van der Waals surface area (Å²) < 4.78 is 11.1. The third-order valence-corrected chi connectivity index (χ3v) is 4.85. The quantitative estimate of drug-likeness (QED) is 0.722. The zero-order chi connectivity index (χ0) is 13.8. The van der Waals surface area contributed by atoms with Crippen LogP contribution in [0.4, 0.5) is 0 Å². The molecule has 1 heterocycles. The molecule has 112 valence electrons. The Bertz CT molecular complexity index is 275. The molecule has 0 amide bonds. The first-order chi connectivity index (χ1) is 9.08. The topological polar surface area (TPSA) is 50.7 Å². The van der Waals surface area contributed by atoms with E-state index in [0.717, 1.165) is 26.0 Å². The molecule has 0 aromatic carbocycles. The van der Waals surface area contributed by atoms with Gasteiger partial charge in [0.05, 0.1) is 17.8 Å². The van der Waals surface area contributed by atoms with Gasteiger partial charge in [-0.15, -0.1) is 0 Å². The van der Waals surface area contributed by atoms with Gasteiger partial charge in [0.25, 0.3) is 0 Å². The summed E-state index contributed by atoms with van der Waals surface area (Å²) in [4.78, 5) is 0. The van der Waals surface area contributed by atoms with Crippen molar-refractivity contribution < 1.29 is 14.6 Å². The second-order valence-electron chi connectivity index (χ2n) is 6.46. The lowest BCUT2D eigenvalue weighted by Gasteiger charge is -2.44. The molecule has 0 radical (unpaired) electrons. The van der Waals surface area contributed by atoms with Crippen LogP contribution in [-0.4, -0.2) is 49.7 Å². The van der Waals surface area contributed by atoms with E-state index < -0.39 is 5.60 Å². The molecule has 0 aromatic heterocycles. The molecule has 2 rings (SSSR count). The third-order valence-electron chi connectivity index (χ3n) is 4.85. The van der Waals surface area contributed by atoms with Crippen molar-refractivity contribution >= 4 is 0 Å². The van der Waals surface area contributed by atoms with Crippen molar-refractivity contribution in [3.63, 3.8) is 0 Å².